The van der Waals surface area contributed by atoms with Crippen LogP contribution in [0.1, 0.15) is 17.5 Å². The van der Waals surface area contributed by atoms with Gasteiger partial charge in [0.15, 0.2) is 5.17 Å². The molecule has 1 aliphatic rings. The lowest BCUT2D eigenvalue weighted by molar-refractivity contribution is -0.121. The molecule has 1 aromatic carbocycles. The van der Waals surface area contributed by atoms with Crippen molar-refractivity contribution in [3.8, 4) is 0 Å². The van der Waals surface area contributed by atoms with E-state index in [0.717, 1.165) is 28.6 Å². The summed E-state index contributed by atoms with van der Waals surface area (Å²) < 4.78 is 0. The average molecular weight is 277 g/mol. The number of nitrogens with zero attached hydrogens (tertiary/aromatic N) is 1. The third-order valence-corrected chi connectivity index (χ3v) is 3.64. The Bertz CT molecular complexity index is 549. The zero-order valence-corrected chi connectivity index (χ0v) is 11.6. The number of hydrogen-bond acceptors (Lipinski definition) is 4. The number of anilines is 1. The number of thioether (sulfide) groups is 1. The molecule has 100 valence electrons. The van der Waals surface area contributed by atoms with Crippen LogP contribution < -0.4 is 11.1 Å². The molecule has 1 aliphatic heterocycles. The van der Waals surface area contributed by atoms with Gasteiger partial charge in [-0.3, -0.25) is 9.59 Å². The molecule has 19 heavy (non-hydrogen) atoms. The number of aliphatic imine (C=N–C) groups is 1. The monoisotopic (exact) mass is 277 g/mol. The van der Waals surface area contributed by atoms with E-state index in [9.17, 15) is 9.59 Å². The van der Waals surface area contributed by atoms with Crippen LogP contribution in [0.5, 0.6) is 0 Å². The van der Waals surface area contributed by atoms with E-state index in [-0.39, 0.29) is 23.4 Å². The SMILES string of the molecule is Cc1cc(C)cc(NC(=O)[C@H]2CC(=O)N=C(N)S2)c1. The van der Waals surface area contributed by atoms with Gasteiger partial charge in [0.25, 0.3) is 0 Å². The maximum absolute atomic E-state index is 12.1. The van der Waals surface area contributed by atoms with Gasteiger partial charge in [-0.15, -0.1) is 0 Å². The standard InChI is InChI=1S/C13H15N3O2S/c1-7-3-8(2)5-9(4-7)15-12(18)10-6-11(17)16-13(14)19-10/h3-5,10H,6H2,1-2H3,(H,15,18)(H2,14,16,17)/t10-/m1/s1. The van der Waals surface area contributed by atoms with Crippen LogP contribution in [0.3, 0.4) is 0 Å². The quantitative estimate of drug-likeness (QED) is 0.859. The number of benzene rings is 1. The Balaban J connectivity index is 2.09. The predicted octanol–water partition coefficient (Wildman–Crippen LogP) is 1.59. The first kappa shape index (κ1) is 13.6. The van der Waals surface area contributed by atoms with Gasteiger partial charge in [0.2, 0.25) is 11.8 Å². The molecule has 0 aromatic heterocycles. The van der Waals surface area contributed by atoms with Crippen LogP contribution >= 0.6 is 11.8 Å². The lowest BCUT2D eigenvalue weighted by Gasteiger charge is -2.18. The van der Waals surface area contributed by atoms with Gasteiger partial charge in [-0.25, -0.2) is 0 Å². The third-order valence-electron chi connectivity index (χ3n) is 2.64. The Morgan fingerprint density at radius 3 is 2.58 bits per heavy atom. The lowest BCUT2D eigenvalue weighted by atomic mass is 10.1. The number of carbonyl (C=O) groups excluding carboxylic acids is 2. The number of rotatable bonds is 2. The van der Waals surface area contributed by atoms with Crippen molar-refractivity contribution < 1.29 is 9.59 Å². The second-order valence-corrected chi connectivity index (χ2v) is 5.74. The molecule has 5 nitrogen and oxygen atoms in total. The Labute approximate surface area is 115 Å². The third kappa shape index (κ3) is 3.57. The van der Waals surface area contributed by atoms with Crippen LogP contribution in [0, 0.1) is 13.8 Å². The second kappa shape index (κ2) is 5.44. The van der Waals surface area contributed by atoms with Crippen molar-refractivity contribution in [2.75, 3.05) is 5.32 Å². The van der Waals surface area contributed by atoms with Crippen LogP contribution in [0.15, 0.2) is 23.2 Å². The molecule has 0 spiro atoms. The molecule has 0 aliphatic carbocycles. The highest BCUT2D eigenvalue weighted by molar-refractivity contribution is 8.15. The average Bonchev–Trinajstić information content (AvgIpc) is 2.25. The van der Waals surface area contributed by atoms with Crippen LogP contribution in [0.2, 0.25) is 0 Å². The topological polar surface area (TPSA) is 84.5 Å². The molecule has 0 radical (unpaired) electrons. The highest BCUT2D eigenvalue weighted by Gasteiger charge is 2.27. The highest BCUT2D eigenvalue weighted by atomic mass is 32.2. The van der Waals surface area contributed by atoms with E-state index in [4.69, 9.17) is 5.73 Å². The fourth-order valence-electron chi connectivity index (χ4n) is 1.96. The summed E-state index contributed by atoms with van der Waals surface area (Å²) in [5, 5.41) is 2.45. The van der Waals surface area contributed by atoms with E-state index in [1.54, 1.807) is 0 Å². The fourth-order valence-corrected chi connectivity index (χ4v) is 2.79. The van der Waals surface area contributed by atoms with Crippen LogP contribution in [-0.4, -0.2) is 22.2 Å². The lowest BCUT2D eigenvalue weighted by Crippen LogP contribution is -2.33. The maximum atomic E-state index is 12.1. The Kier molecular flexibility index (Phi) is 3.90. The highest BCUT2D eigenvalue weighted by Crippen LogP contribution is 2.23. The molecular formula is C13H15N3O2S. The normalized spacial score (nSPS) is 18.9. The number of nitrogens with one attached hydrogen (secondary N) is 1. The van der Waals surface area contributed by atoms with Crippen LogP contribution in [0.4, 0.5) is 5.69 Å². The van der Waals surface area contributed by atoms with Crippen molar-refractivity contribution >= 4 is 34.4 Å². The molecule has 0 bridgehead atoms. The Morgan fingerprint density at radius 2 is 2.00 bits per heavy atom. The molecule has 1 atom stereocenters. The van der Waals surface area contributed by atoms with Crippen molar-refractivity contribution in [3.63, 3.8) is 0 Å². The number of hydrogen-bond donors (Lipinski definition) is 2. The van der Waals surface area contributed by atoms with E-state index in [2.05, 4.69) is 10.3 Å². The van der Waals surface area contributed by atoms with E-state index in [1.807, 2.05) is 32.0 Å². The molecule has 0 unspecified atom stereocenters. The van der Waals surface area contributed by atoms with Crippen molar-refractivity contribution in [1.82, 2.24) is 0 Å². The molecule has 2 amide bonds. The van der Waals surface area contributed by atoms with Gasteiger partial charge < -0.3 is 11.1 Å². The largest absolute Gasteiger partial charge is 0.378 e. The number of amides is 2. The minimum atomic E-state index is -0.509. The summed E-state index contributed by atoms with van der Waals surface area (Å²) in [5.74, 6) is -0.571. The summed E-state index contributed by atoms with van der Waals surface area (Å²) in [6, 6.07) is 5.80. The minimum absolute atomic E-state index is 0.0853. The molecule has 0 saturated heterocycles. The molecule has 2 rings (SSSR count). The Morgan fingerprint density at radius 1 is 1.37 bits per heavy atom. The minimum Gasteiger partial charge on any atom is -0.378 e. The summed E-state index contributed by atoms with van der Waals surface area (Å²) in [7, 11) is 0. The first-order valence-electron chi connectivity index (χ1n) is 5.87. The van der Waals surface area contributed by atoms with Gasteiger partial charge in [0, 0.05) is 5.69 Å². The van der Waals surface area contributed by atoms with Gasteiger partial charge >= 0.3 is 0 Å². The zero-order valence-electron chi connectivity index (χ0n) is 10.8. The van der Waals surface area contributed by atoms with Crippen LogP contribution in [0.25, 0.3) is 0 Å². The molecule has 0 fully saturated rings. The molecule has 1 heterocycles. The fraction of sp³-hybridized carbons (Fsp3) is 0.308. The van der Waals surface area contributed by atoms with Crippen molar-refractivity contribution in [1.29, 1.82) is 0 Å². The molecule has 6 heteroatoms. The van der Waals surface area contributed by atoms with Crippen molar-refractivity contribution in [2.45, 2.75) is 25.5 Å². The number of amidine groups is 1. The van der Waals surface area contributed by atoms with E-state index < -0.39 is 5.25 Å². The molecule has 0 saturated carbocycles. The van der Waals surface area contributed by atoms with Gasteiger partial charge in [-0.1, -0.05) is 17.8 Å². The smallest absolute Gasteiger partial charge is 0.249 e. The van der Waals surface area contributed by atoms with Gasteiger partial charge in [0.05, 0.1) is 6.42 Å². The first-order valence-corrected chi connectivity index (χ1v) is 6.75. The van der Waals surface area contributed by atoms with E-state index in [0.29, 0.717) is 0 Å². The predicted molar refractivity (Wildman–Crippen MR) is 77.2 cm³/mol. The molecule has 3 N–H and O–H groups in total. The van der Waals surface area contributed by atoms with Gasteiger partial charge in [0.1, 0.15) is 5.25 Å². The van der Waals surface area contributed by atoms with Crippen molar-refractivity contribution in [3.05, 3.63) is 29.3 Å². The summed E-state index contributed by atoms with van der Waals surface area (Å²) >= 11 is 1.12. The summed E-state index contributed by atoms with van der Waals surface area (Å²) in [5.41, 5.74) is 8.39. The first-order chi connectivity index (χ1) is 8.94. The van der Waals surface area contributed by atoms with Gasteiger partial charge in [-0.05, 0) is 37.1 Å². The maximum Gasteiger partial charge on any atom is 0.249 e. The summed E-state index contributed by atoms with van der Waals surface area (Å²) in [6.07, 6.45) is 0.0853. The van der Waals surface area contributed by atoms with E-state index in [1.165, 1.54) is 0 Å². The zero-order chi connectivity index (χ0) is 14.0. The van der Waals surface area contributed by atoms with Gasteiger partial charge in [-0.2, -0.15) is 4.99 Å². The molecular weight excluding hydrogens is 262 g/mol. The Hall–Kier alpha value is -1.82. The molecule has 1 aromatic rings. The summed E-state index contributed by atoms with van der Waals surface area (Å²) in [4.78, 5) is 27.0. The summed E-state index contributed by atoms with van der Waals surface area (Å²) in [6.45, 7) is 3.93. The second-order valence-electron chi connectivity index (χ2n) is 4.52. The van der Waals surface area contributed by atoms with Crippen molar-refractivity contribution in [2.24, 2.45) is 10.7 Å². The number of nitrogens with two attached hydrogens (primary N) is 1. The number of aryl methyl sites for hydroxylation is 2. The number of carbonyl (C=O) groups is 2. The van der Waals surface area contributed by atoms with E-state index >= 15 is 0 Å². The van der Waals surface area contributed by atoms with Crippen LogP contribution in [-0.2, 0) is 9.59 Å².